The largest absolute Gasteiger partial charge is 0.487 e. The lowest BCUT2D eigenvalue weighted by Gasteiger charge is -2.07. The van der Waals surface area contributed by atoms with Gasteiger partial charge in [-0.1, -0.05) is 12.8 Å². The topological polar surface area (TPSA) is 101 Å². The van der Waals surface area contributed by atoms with Crippen LogP contribution < -0.4 is 0 Å². The summed E-state index contributed by atoms with van der Waals surface area (Å²) in [5.41, 5.74) is 0. The summed E-state index contributed by atoms with van der Waals surface area (Å²) in [4.78, 5) is 31.6. The summed E-state index contributed by atoms with van der Waals surface area (Å²) in [7, 11) is 0. The predicted molar refractivity (Wildman–Crippen MR) is 62.7 cm³/mol. The summed E-state index contributed by atoms with van der Waals surface area (Å²) in [5.74, 6) is -2.03. The molecule has 0 heterocycles. The maximum atomic E-state index is 10.6. The number of unbranched alkanes of at least 4 members (excludes halogenated alkanes) is 2. The zero-order valence-electron chi connectivity index (χ0n) is 10.3. The molecule has 0 aliphatic heterocycles. The van der Waals surface area contributed by atoms with Crippen LogP contribution in [0.1, 0.15) is 39.0 Å². The minimum absolute atomic E-state index is 0.0967. The molecule has 0 aliphatic carbocycles. The molecule has 0 bridgehead atoms. The first-order valence-electron chi connectivity index (χ1n) is 5.85. The molecule has 0 amide bonds. The summed E-state index contributed by atoms with van der Waals surface area (Å²) in [6.45, 7) is 2.17. The van der Waals surface area contributed by atoms with Crippen LogP contribution in [-0.2, 0) is 19.1 Å². The highest BCUT2D eigenvalue weighted by atomic mass is 16.5. The molecule has 0 aromatic rings. The molecule has 0 rings (SSSR count). The Kier molecular flexibility index (Phi) is 8.31. The van der Waals surface area contributed by atoms with E-state index in [1.165, 1.54) is 0 Å². The van der Waals surface area contributed by atoms with Crippen molar-refractivity contribution in [1.29, 1.82) is 0 Å². The van der Waals surface area contributed by atoms with Gasteiger partial charge in [-0.05, 0) is 19.8 Å². The summed E-state index contributed by atoms with van der Waals surface area (Å²) < 4.78 is 5.00. The molecule has 0 spiro atoms. The van der Waals surface area contributed by atoms with Crippen molar-refractivity contribution in [2.45, 2.75) is 39.0 Å². The number of ether oxygens (including phenoxy) is 1. The van der Waals surface area contributed by atoms with E-state index in [9.17, 15) is 14.4 Å². The van der Waals surface area contributed by atoms with Crippen molar-refractivity contribution in [3.63, 3.8) is 0 Å². The number of hydrogen-bond acceptors (Lipinski definition) is 4. The van der Waals surface area contributed by atoms with Gasteiger partial charge in [0.2, 0.25) is 0 Å². The fourth-order valence-electron chi connectivity index (χ4n) is 1.49. The molecule has 0 atom stereocenters. The van der Waals surface area contributed by atoms with Crippen LogP contribution in [0.2, 0.25) is 0 Å². The van der Waals surface area contributed by atoms with E-state index in [1.54, 1.807) is 12.9 Å². The van der Waals surface area contributed by atoms with E-state index < -0.39 is 17.9 Å². The Morgan fingerprint density at radius 2 is 1.78 bits per heavy atom. The van der Waals surface area contributed by atoms with Gasteiger partial charge in [-0.25, -0.2) is 4.79 Å². The van der Waals surface area contributed by atoms with Crippen molar-refractivity contribution in [2.75, 3.05) is 6.61 Å². The maximum absolute atomic E-state index is 10.6. The van der Waals surface area contributed by atoms with E-state index in [1.807, 2.05) is 0 Å². The quantitative estimate of drug-likeness (QED) is 0.266. The third-order valence-corrected chi connectivity index (χ3v) is 2.43. The van der Waals surface area contributed by atoms with Gasteiger partial charge >= 0.3 is 11.9 Å². The highest BCUT2D eigenvalue weighted by Gasteiger charge is 2.24. The molecule has 6 heteroatoms. The van der Waals surface area contributed by atoms with Gasteiger partial charge in [0.15, 0.2) is 17.6 Å². The first kappa shape index (κ1) is 16.2. The lowest BCUT2D eigenvalue weighted by Crippen LogP contribution is -2.23. The molecule has 0 saturated carbocycles. The second-order valence-corrected chi connectivity index (χ2v) is 3.79. The Hall–Kier alpha value is -1.81. The van der Waals surface area contributed by atoms with Crippen molar-refractivity contribution >= 4 is 17.9 Å². The summed E-state index contributed by atoms with van der Waals surface area (Å²) in [6, 6.07) is 0. The highest BCUT2D eigenvalue weighted by Crippen LogP contribution is 2.13. The molecule has 102 valence electrons. The molecule has 0 radical (unpaired) electrons. The van der Waals surface area contributed by atoms with Crippen LogP contribution in [0.5, 0.6) is 0 Å². The molecular weight excluding hydrogens is 240 g/mol. The van der Waals surface area contributed by atoms with E-state index in [0.717, 1.165) is 0 Å². The maximum Gasteiger partial charge on any atom is 0.317 e. The molecule has 0 fully saturated rings. The summed E-state index contributed by atoms with van der Waals surface area (Å²) >= 11 is 0. The highest BCUT2D eigenvalue weighted by molar-refractivity contribution is 5.92. The number of carboxylic acids is 2. The average molecular weight is 258 g/mol. The molecule has 2 N–H and O–H groups in total. The van der Waals surface area contributed by atoms with Gasteiger partial charge in [-0.3, -0.25) is 9.59 Å². The number of carbonyl (C=O) groups is 2. The van der Waals surface area contributed by atoms with Gasteiger partial charge in [-0.15, -0.1) is 0 Å². The first-order valence-corrected chi connectivity index (χ1v) is 5.85. The second kappa shape index (κ2) is 9.24. The lowest BCUT2D eigenvalue weighted by atomic mass is 10.0. The molecule has 18 heavy (non-hydrogen) atoms. The SMILES string of the molecule is CCOC(=C=O)CCCCCC(C(=O)O)C(=O)O. The molecule has 0 unspecified atom stereocenters. The van der Waals surface area contributed by atoms with Crippen LogP contribution >= 0.6 is 0 Å². The number of aliphatic carboxylic acids is 2. The molecule has 0 saturated heterocycles. The van der Waals surface area contributed by atoms with E-state index in [-0.39, 0.29) is 12.2 Å². The van der Waals surface area contributed by atoms with E-state index in [2.05, 4.69) is 0 Å². The van der Waals surface area contributed by atoms with Crippen molar-refractivity contribution < 1.29 is 29.3 Å². The zero-order chi connectivity index (χ0) is 14.0. The van der Waals surface area contributed by atoms with Crippen molar-refractivity contribution in [3.05, 3.63) is 5.76 Å². The van der Waals surface area contributed by atoms with Gasteiger partial charge in [0.1, 0.15) is 0 Å². The standard InChI is InChI=1S/C12H18O6/c1-2-18-9(8-13)6-4-3-5-7-10(11(14)15)12(16)17/h10H,2-7H2,1H3,(H,14,15)(H,16,17). The van der Waals surface area contributed by atoms with Crippen molar-refractivity contribution in [2.24, 2.45) is 5.92 Å². The summed E-state index contributed by atoms with van der Waals surface area (Å²) in [5, 5.41) is 17.3. The molecule has 0 aliphatic rings. The fourth-order valence-corrected chi connectivity index (χ4v) is 1.49. The number of hydrogen-bond donors (Lipinski definition) is 2. The Labute approximate surface area is 105 Å². The minimum atomic E-state index is -1.35. The first-order chi connectivity index (χ1) is 8.52. The Balaban J connectivity index is 3.82. The van der Waals surface area contributed by atoms with Gasteiger partial charge < -0.3 is 14.9 Å². The second-order valence-electron chi connectivity index (χ2n) is 3.79. The molecule has 0 aromatic heterocycles. The normalized spacial score (nSPS) is 9.89. The van der Waals surface area contributed by atoms with Crippen molar-refractivity contribution in [3.8, 4) is 0 Å². The van der Waals surface area contributed by atoms with Gasteiger partial charge in [-0.2, -0.15) is 0 Å². The molecular formula is C12H18O6. The van der Waals surface area contributed by atoms with Crippen LogP contribution in [0.25, 0.3) is 0 Å². The predicted octanol–water partition coefficient (Wildman–Crippen LogP) is 1.47. The Morgan fingerprint density at radius 1 is 1.17 bits per heavy atom. The number of carbonyl (C=O) groups excluding carboxylic acids is 1. The monoisotopic (exact) mass is 258 g/mol. The van der Waals surface area contributed by atoms with E-state index in [0.29, 0.717) is 32.3 Å². The number of carboxylic acid groups (broad SMARTS) is 2. The number of allylic oxidation sites excluding steroid dienone is 1. The smallest absolute Gasteiger partial charge is 0.317 e. The fraction of sp³-hybridized carbons (Fsp3) is 0.667. The van der Waals surface area contributed by atoms with E-state index in [4.69, 9.17) is 14.9 Å². The van der Waals surface area contributed by atoms with Crippen LogP contribution in [0, 0.1) is 5.92 Å². The minimum Gasteiger partial charge on any atom is -0.487 e. The third-order valence-electron chi connectivity index (χ3n) is 2.43. The van der Waals surface area contributed by atoms with Gasteiger partial charge in [0, 0.05) is 6.42 Å². The van der Waals surface area contributed by atoms with Crippen LogP contribution in [0.3, 0.4) is 0 Å². The number of rotatable bonds is 10. The van der Waals surface area contributed by atoms with Gasteiger partial charge in [0.25, 0.3) is 0 Å². The van der Waals surface area contributed by atoms with Crippen LogP contribution in [0.4, 0.5) is 0 Å². The van der Waals surface area contributed by atoms with Crippen LogP contribution in [0.15, 0.2) is 5.76 Å². The lowest BCUT2D eigenvalue weighted by molar-refractivity contribution is -0.154. The Bertz CT molecular complexity index is 315. The van der Waals surface area contributed by atoms with Crippen LogP contribution in [-0.4, -0.2) is 34.7 Å². The Morgan fingerprint density at radius 3 is 2.22 bits per heavy atom. The third kappa shape index (κ3) is 6.70. The van der Waals surface area contributed by atoms with Crippen molar-refractivity contribution in [1.82, 2.24) is 0 Å². The molecule has 6 nitrogen and oxygen atoms in total. The summed E-state index contributed by atoms with van der Waals surface area (Å²) in [6.07, 6.45) is 2.33. The molecule has 0 aromatic carbocycles. The zero-order valence-corrected chi connectivity index (χ0v) is 10.3. The average Bonchev–Trinajstić information content (AvgIpc) is 2.30. The van der Waals surface area contributed by atoms with E-state index >= 15 is 0 Å². The van der Waals surface area contributed by atoms with Gasteiger partial charge in [0.05, 0.1) is 6.61 Å².